The summed E-state index contributed by atoms with van der Waals surface area (Å²) >= 11 is 0. The Morgan fingerprint density at radius 1 is 0.958 bits per heavy atom. The molecule has 0 spiro atoms. The monoisotopic (exact) mass is 366 g/mol. The van der Waals surface area contributed by atoms with Gasteiger partial charge in [0, 0.05) is 0 Å². The van der Waals surface area contributed by atoms with Crippen molar-refractivity contribution in [2.45, 2.75) is 59.0 Å². The van der Waals surface area contributed by atoms with Gasteiger partial charge in [-0.25, -0.2) is 0 Å². The summed E-state index contributed by atoms with van der Waals surface area (Å²) in [5, 5.41) is 0. The summed E-state index contributed by atoms with van der Waals surface area (Å²) in [6.07, 6.45) is -11.9. The molecule has 24 heavy (non-hydrogen) atoms. The maximum atomic E-state index is 13.1. The topological polar surface area (TPSA) is 52.6 Å². The lowest BCUT2D eigenvalue weighted by atomic mass is 9.90. The number of rotatable bonds is 6. The van der Waals surface area contributed by atoms with Crippen molar-refractivity contribution in [2.75, 3.05) is 6.61 Å². The molecule has 0 aromatic rings. The molecule has 0 aliphatic heterocycles. The Balaban J connectivity index is 5.79. The predicted molar refractivity (Wildman–Crippen MR) is 70.8 cm³/mol. The first-order chi connectivity index (χ1) is 10.5. The smallest absolute Gasteiger partial charge is 0.441 e. The largest absolute Gasteiger partial charge is 0.460 e. The Hall–Kier alpha value is -1.48. The first-order valence-electron chi connectivity index (χ1n) is 7.05. The number of hydrogen-bond donors (Lipinski definition) is 0. The van der Waals surface area contributed by atoms with Crippen LogP contribution in [0.3, 0.4) is 0 Å². The van der Waals surface area contributed by atoms with Crippen molar-refractivity contribution in [1.29, 1.82) is 0 Å². The lowest BCUT2D eigenvalue weighted by Gasteiger charge is -2.36. The van der Waals surface area contributed by atoms with Crippen LogP contribution in [0.2, 0.25) is 0 Å². The molecule has 0 aromatic heterocycles. The van der Waals surface area contributed by atoms with Crippen LogP contribution in [-0.4, -0.2) is 36.5 Å². The van der Waals surface area contributed by atoms with Crippen molar-refractivity contribution in [3.05, 3.63) is 0 Å². The van der Waals surface area contributed by atoms with Crippen LogP contribution in [0.4, 0.5) is 26.3 Å². The summed E-state index contributed by atoms with van der Waals surface area (Å²) in [7, 11) is 0. The van der Waals surface area contributed by atoms with Crippen LogP contribution in [0.25, 0.3) is 0 Å². The number of hydrogen-bond acceptors (Lipinski definition) is 4. The molecule has 10 heteroatoms. The highest BCUT2D eigenvalue weighted by molar-refractivity contribution is 5.76. The van der Waals surface area contributed by atoms with Gasteiger partial charge in [-0.2, -0.15) is 26.3 Å². The third-order valence-electron chi connectivity index (χ3n) is 3.51. The fourth-order valence-electron chi connectivity index (χ4n) is 1.27. The molecule has 0 rings (SSSR count). The second-order valence-corrected chi connectivity index (χ2v) is 6.21. The van der Waals surface area contributed by atoms with Crippen LogP contribution in [0.15, 0.2) is 0 Å². The molecule has 0 aliphatic rings. The molecule has 0 saturated carbocycles. The number of esters is 2. The average Bonchev–Trinajstić information content (AvgIpc) is 2.39. The summed E-state index contributed by atoms with van der Waals surface area (Å²) in [6.45, 7) is 4.08. The molecular weight excluding hydrogens is 346 g/mol. The van der Waals surface area contributed by atoms with Gasteiger partial charge in [0.2, 0.25) is 0 Å². The number of alkyl halides is 6. The molecule has 0 bridgehead atoms. The van der Waals surface area contributed by atoms with Gasteiger partial charge in [0.1, 0.15) is 6.61 Å². The third kappa shape index (κ3) is 4.76. The minimum atomic E-state index is -6.02. The van der Waals surface area contributed by atoms with Crippen LogP contribution < -0.4 is 0 Å². The molecule has 0 atom stereocenters. The van der Waals surface area contributed by atoms with Gasteiger partial charge in [-0.15, -0.1) is 0 Å². The zero-order chi connectivity index (χ0) is 19.6. The van der Waals surface area contributed by atoms with Crippen LogP contribution in [0, 0.1) is 11.3 Å². The standard InChI is InChI=1S/C14H20F6O4/c1-6-11(4,5)10(22)23-7-12(13(15,16)17,14(18,19)20)24-9(21)8(2)3/h8H,6-7H2,1-5H3. The van der Waals surface area contributed by atoms with Crippen molar-refractivity contribution in [3.8, 4) is 0 Å². The Labute approximate surface area is 135 Å². The number of ether oxygens (including phenoxy) is 2. The molecule has 0 amide bonds. The molecule has 0 heterocycles. The van der Waals surface area contributed by atoms with Gasteiger partial charge in [-0.3, -0.25) is 9.59 Å². The fourth-order valence-corrected chi connectivity index (χ4v) is 1.27. The van der Waals surface area contributed by atoms with E-state index in [1.807, 2.05) is 0 Å². The van der Waals surface area contributed by atoms with E-state index in [9.17, 15) is 35.9 Å². The van der Waals surface area contributed by atoms with Gasteiger partial charge >= 0.3 is 29.9 Å². The SMILES string of the molecule is CCC(C)(C)C(=O)OCC(OC(=O)C(C)C)(C(F)(F)F)C(F)(F)F. The zero-order valence-electron chi connectivity index (χ0n) is 13.9. The van der Waals surface area contributed by atoms with Crippen LogP contribution >= 0.6 is 0 Å². The van der Waals surface area contributed by atoms with Gasteiger partial charge in [0.15, 0.2) is 0 Å². The van der Waals surface area contributed by atoms with E-state index in [0.717, 1.165) is 13.8 Å². The van der Waals surface area contributed by atoms with Crippen molar-refractivity contribution in [1.82, 2.24) is 0 Å². The van der Waals surface area contributed by atoms with Gasteiger partial charge in [0.05, 0.1) is 11.3 Å². The molecule has 0 aromatic carbocycles. The molecule has 142 valence electrons. The molecule has 0 N–H and O–H groups in total. The summed E-state index contributed by atoms with van der Waals surface area (Å²) in [4.78, 5) is 23.1. The maximum absolute atomic E-state index is 13.1. The van der Waals surface area contributed by atoms with Gasteiger partial charge in [-0.05, 0) is 20.3 Å². The zero-order valence-corrected chi connectivity index (χ0v) is 13.9. The lowest BCUT2D eigenvalue weighted by molar-refractivity contribution is -0.378. The van der Waals surface area contributed by atoms with Crippen molar-refractivity contribution < 1.29 is 45.4 Å². The van der Waals surface area contributed by atoms with E-state index >= 15 is 0 Å². The minimum Gasteiger partial charge on any atom is -0.460 e. The first kappa shape index (κ1) is 22.5. The molecule has 4 nitrogen and oxygen atoms in total. The second kappa shape index (κ2) is 7.18. The quantitative estimate of drug-likeness (QED) is 0.526. The van der Waals surface area contributed by atoms with E-state index < -0.39 is 47.8 Å². The van der Waals surface area contributed by atoms with E-state index in [4.69, 9.17) is 0 Å². The molecule has 0 saturated heterocycles. The summed E-state index contributed by atoms with van der Waals surface area (Å²) in [5.41, 5.74) is -6.20. The van der Waals surface area contributed by atoms with E-state index in [0.29, 0.717) is 0 Å². The van der Waals surface area contributed by atoms with Crippen LogP contribution in [0.5, 0.6) is 0 Å². The molecule has 0 fully saturated rings. The summed E-state index contributed by atoms with van der Waals surface area (Å²) < 4.78 is 86.8. The highest BCUT2D eigenvalue weighted by Crippen LogP contribution is 2.46. The molecule has 0 unspecified atom stereocenters. The number of carbonyl (C=O) groups is 2. The molecule has 0 aliphatic carbocycles. The number of halogens is 6. The van der Waals surface area contributed by atoms with Crippen molar-refractivity contribution in [2.24, 2.45) is 11.3 Å². The second-order valence-electron chi connectivity index (χ2n) is 6.21. The highest BCUT2D eigenvalue weighted by Gasteiger charge is 2.75. The van der Waals surface area contributed by atoms with Gasteiger partial charge in [0.25, 0.3) is 0 Å². The van der Waals surface area contributed by atoms with E-state index in [-0.39, 0.29) is 6.42 Å². The van der Waals surface area contributed by atoms with Crippen LogP contribution in [0.1, 0.15) is 41.0 Å². The highest BCUT2D eigenvalue weighted by atomic mass is 19.4. The fraction of sp³-hybridized carbons (Fsp3) is 0.857. The normalized spacial score (nSPS) is 13.8. The Kier molecular flexibility index (Phi) is 6.74. The Morgan fingerprint density at radius 3 is 1.67 bits per heavy atom. The Morgan fingerprint density at radius 2 is 1.38 bits per heavy atom. The van der Waals surface area contributed by atoms with Crippen LogP contribution in [-0.2, 0) is 19.1 Å². The average molecular weight is 366 g/mol. The third-order valence-corrected chi connectivity index (χ3v) is 3.51. The number of carbonyl (C=O) groups excluding carboxylic acids is 2. The van der Waals surface area contributed by atoms with Gasteiger partial charge in [-0.1, -0.05) is 20.8 Å². The molecule has 0 radical (unpaired) electrons. The maximum Gasteiger partial charge on any atom is 0.441 e. The van der Waals surface area contributed by atoms with Gasteiger partial charge < -0.3 is 9.47 Å². The van der Waals surface area contributed by atoms with Crippen molar-refractivity contribution >= 4 is 11.9 Å². The molecular formula is C14H20F6O4. The van der Waals surface area contributed by atoms with E-state index in [1.54, 1.807) is 0 Å². The van der Waals surface area contributed by atoms with E-state index in [1.165, 1.54) is 20.8 Å². The minimum absolute atomic E-state index is 0.128. The lowest BCUT2D eigenvalue weighted by Crippen LogP contribution is -2.63. The summed E-state index contributed by atoms with van der Waals surface area (Å²) in [5.74, 6) is -4.21. The predicted octanol–water partition coefficient (Wildman–Crippen LogP) is 4.03. The Bertz CT molecular complexity index is 451. The van der Waals surface area contributed by atoms with Crippen molar-refractivity contribution in [3.63, 3.8) is 0 Å². The summed E-state index contributed by atoms with van der Waals surface area (Å²) in [6, 6.07) is 0. The van der Waals surface area contributed by atoms with E-state index in [2.05, 4.69) is 9.47 Å². The first-order valence-corrected chi connectivity index (χ1v) is 7.05.